The monoisotopic (exact) mass is 356 g/mol. The molecule has 5 rings (SSSR count). The van der Waals surface area contributed by atoms with Crippen molar-refractivity contribution >= 4 is 11.4 Å². The minimum Gasteiger partial charge on any atom is -0.390 e. The van der Waals surface area contributed by atoms with E-state index in [2.05, 4.69) is 29.4 Å². The molecule has 0 bridgehead atoms. The molecular weight excluding hydrogens is 340 g/mol. The van der Waals surface area contributed by atoms with Gasteiger partial charge in [-0.2, -0.15) is 0 Å². The fourth-order valence-electron chi connectivity index (χ4n) is 4.30. The summed E-state index contributed by atoms with van der Waals surface area (Å²) in [7, 11) is 0. The van der Waals surface area contributed by atoms with Gasteiger partial charge in [0.25, 0.3) is 5.69 Å². The third-order valence-corrected chi connectivity index (χ3v) is 5.57. The molecule has 5 heteroatoms. The van der Waals surface area contributed by atoms with Crippen molar-refractivity contribution < 1.29 is 9.76 Å². The van der Waals surface area contributed by atoms with E-state index in [1.165, 1.54) is 23.3 Å². The molecule has 1 aliphatic carbocycles. The van der Waals surface area contributed by atoms with E-state index in [1.807, 2.05) is 36.4 Å². The van der Waals surface area contributed by atoms with Crippen molar-refractivity contribution in [1.82, 2.24) is 0 Å². The molecule has 0 N–H and O–H groups in total. The standard InChI is InChI=1S/C22H16N2O3/c25-24(26)18-13-11-15(12-14-18)20-19-21(27-23-20)22(19,16-7-3-1-4-8-16)17-9-5-2-6-10-17/h1-14,19,21H/t19-,21-/m0/s1. The summed E-state index contributed by atoms with van der Waals surface area (Å²) in [4.78, 5) is 16.4. The second-order valence-corrected chi connectivity index (χ2v) is 6.89. The van der Waals surface area contributed by atoms with Gasteiger partial charge in [0.05, 0.1) is 22.0 Å². The van der Waals surface area contributed by atoms with Gasteiger partial charge in [-0.15, -0.1) is 0 Å². The minimum atomic E-state index is -0.394. The third kappa shape index (κ3) is 2.21. The molecule has 0 unspecified atom stereocenters. The highest BCUT2D eigenvalue weighted by molar-refractivity contribution is 6.07. The zero-order chi connectivity index (χ0) is 18.4. The Morgan fingerprint density at radius 3 is 1.93 bits per heavy atom. The topological polar surface area (TPSA) is 64.7 Å². The maximum atomic E-state index is 10.9. The third-order valence-electron chi connectivity index (χ3n) is 5.57. The van der Waals surface area contributed by atoms with Gasteiger partial charge < -0.3 is 4.84 Å². The van der Waals surface area contributed by atoms with Crippen LogP contribution in [0.2, 0.25) is 0 Å². The highest BCUT2D eigenvalue weighted by Crippen LogP contribution is 2.64. The number of non-ortho nitro benzene ring substituents is 1. The molecule has 3 aromatic carbocycles. The van der Waals surface area contributed by atoms with Crippen LogP contribution in [0.3, 0.4) is 0 Å². The maximum absolute atomic E-state index is 10.9. The number of nitro benzene ring substituents is 1. The van der Waals surface area contributed by atoms with E-state index in [0.717, 1.165) is 11.3 Å². The summed E-state index contributed by atoms with van der Waals surface area (Å²) < 4.78 is 0. The van der Waals surface area contributed by atoms with E-state index in [1.54, 1.807) is 12.1 Å². The summed E-state index contributed by atoms with van der Waals surface area (Å²) in [5.74, 6) is 0.0868. The van der Waals surface area contributed by atoms with Gasteiger partial charge in [-0.25, -0.2) is 0 Å². The van der Waals surface area contributed by atoms with Gasteiger partial charge in [-0.3, -0.25) is 10.1 Å². The number of fused-ring (bicyclic) bond motifs is 1. The number of hydrogen-bond acceptors (Lipinski definition) is 4. The van der Waals surface area contributed by atoms with E-state index >= 15 is 0 Å². The van der Waals surface area contributed by atoms with Gasteiger partial charge in [0.15, 0.2) is 6.10 Å². The van der Waals surface area contributed by atoms with E-state index < -0.39 is 4.92 Å². The lowest BCUT2D eigenvalue weighted by Gasteiger charge is -2.21. The average Bonchev–Trinajstić information content (AvgIpc) is 3.18. The van der Waals surface area contributed by atoms with E-state index in [4.69, 9.17) is 4.84 Å². The molecular formula is C22H16N2O3. The van der Waals surface area contributed by atoms with Crippen LogP contribution in [0.1, 0.15) is 16.7 Å². The first kappa shape index (κ1) is 15.8. The van der Waals surface area contributed by atoms with Crippen LogP contribution in [-0.4, -0.2) is 16.7 Å². The Bertz CT molecular complexity index is 991. The second kappa shape index (κ2) is 5.77. The fourth-order valence-corrected chi connectivity index (χ4v) is 4.30. The molecule has 0 radical (unpaired) electrons. The molecule has 0 saturated heterocycles. The molecule has 0 spiro atoms. The van der Waals surface area contributed by atoms with Crippen molar-refractivity contribution in [3.05, 3.63) is 112 Å². The first-order valence-electron chi connectivity index (χ1n) is 8.82. The van der Waals surface area contributed by atoms with Gasteiger partial charge in [-0.1, -0.05) is 65.8 Å². The van der Waals surface area contributed by atoms with Crippen molar-refractivity contribution in [3.63, 3.8) is 0 Å². The zero-order valence-electron chi connectivity index (χ0n) is 14.4. The van der Waals surface area contributed by atoms with Crippen LogP contribution < -0.4 is 0 Å². The molecule has 132 valence electrons. The highest BCUT2D eigenvalue weighted by atomic mass is 16.7. The summed E-state index contributed by atoms with van der Waals surface area (Å²) in [6.07, 6.45) is -0.0625. The zero-order valence-corrected chi connectivity index (χ0v) is 14.4. The average molecular weight is 356 g/mol. The molecule has 2 atom stereocenters. The minimum absolute atomic E-state index is 0.0625. The van der Waals surface area contributed by atoms with Crippen LogP contribution >= 0.6 is 0 Å². The molecule has 2 aliphatic rings. The molecule has 1 saturated carbocycles. The van der Waals surface area contributed by atoms with Crippen molar-refractivity contribution in [2.24, 2.45) is 11.1 Å². The largest absolute Gasteiger partial charge is 0.390 e. The number of nitro groups is 1. The molecule has 1 aliphatic heterocycles. The Kier molecular flexibility index (Phi) is 3.37. The number of oxime groups is 1. The lowest BCUT2D eigenvalue weighted by Crippen LogP contribution is -2.21. The maximum Gasteiger partial charge on any atom is 0.269 e. The van der Waals surface area contributed by atoms with Gasteiger partial charge in [0, 0.05) is 17.7 Å². The molecule has 27 heavy (non-hydrogen) atoms. The Morgan fingerprint density at radius 1 is 0.852 bits per heavy atom. The second-order valence-electron chi connectivity index (χ2n) is 6.89. The number of rotatable bonds is 4. The molecule has 3 aromatic rings. The molecule has 1 heterocycles. The summed E-state index contributed by atoms with van der Waals surface area (Å²) in [6, 6.07) is 27.2. The van der Waals surface area contributed by atoms with Crippen LogP contribution in [0.4, 0.5) is 5.69 Å². The lowest BCUT2D eigenvalue weighted by molar-refractivity contribution is -0.384. The smallest absolute Gasteiger partial charge is 0.269 e. The van der Waals surface area contributed by atoms with Crippen LogP contribution in [0, 0.1) is 16.0 Å². The van der Waals surface area contributed by atoms with Crippen molar-refractivity contribution in [3.8, 4) is 0 Å². The van der Waals surface area contributed by atoms with Crippen LogP contribution in [0.15, 0.2) is 90.1 Å². The number of nitrogens with zero attached hydrogens (tertiary/aromatic N) is 2. The van der Waals surface area contributed by atoms with Crippen molar-refractivity contribution in [1.29, 1.82) is 0 Å². The fraction of sp³-hybridized carbons (Fsp3) is 0.136. The van der Waals surface area contributed by atoms with Gasteiger partial charge in [0.2, 0.25) is 0 Å². The van der Waals surface area contributed by atoms with Crippen LogP contribution in [-0.2, 0) is 10.3 Å². The molecule has 0 amide bonds. The predicted octanol–water partition coefficient (Wildman–Crippen LogP) is 4.31. The van der Waals surface area contributed by atoms with E-state index in [-0.39, 0.29) is 23.1 Å². The Morgan fingerprint density at radius 2 is 1.41 bits per heavy atom. The van der Waals surface area contributed by atoms with Crippen molar-refractivity contribution in [2.75, 3.05) is 0 Å². The van der Waals surface area contributed by atoms with E-state index in [9.17, 15) is 10.1 Å². The molecule has 5 nitrogen and oxygen atoms in total. The Balaban J connectivity index is 1.59. The van der Waals surface area contributed by atoms with Crippen LogP contribution in [0.25, 0.3) is 0 Å². The van der Waals surface area contributed by atoms with Crippen LogP contribution in [0.5, 0.6) is 0 Å². The Labute approximate surface area is 156 Å². The quantitative estimate of drug-likeness (QED) is 0.517. The summed E-state index contributed by atoms with van der Waals surface area (Å²) in [5, 5.41) is 15.2. The molecule has 0 aromatic heterocycles. The normalized spacial score (nSPS) is 21.7. The van der Waals surface area contributed by atoms with Gasteiger partial charge >= 0.3 is 0 Å². The Hall–Kier alpha value is -3.47. The van der Waals surface area contributed by atoms with Gasteiger partial charge in [0.1, 0.15) is 0 Å². The SMILES string of the molecule is O=[N+]([O-])c1ccc(C2=NO[C@H]3[C@H]2C3(c2ccccc2)c2ccccc2)cc1. The number of benzene rings is 3. The first-order valence-corrected chi connectivity index (χ1v) is 8.82. The summed E-state index contributed by atoms with van der Waals surface area (Å²) in [6.45, 7) is 0. The van der Waals surface area contributed by atoms with E-state index in [0.29, 0.717) is 0 Å². The highest BCUT2D eigenvalue weighted by Gasteiger charge is 2.73. The molecule has 1 fully saturated rings. The summed E-state index contributed by atoms with van der Waals surface area (Å²) in [5.41, 5.74) is 3.90. The van der Waals surface area contributed by atoms with Gasteiger partial charge in [-0.05, 0) is 23.3 Å². The first-order chi connectivity index (χ1) is 13.2. The summed E-state index contributed by atoms with van der Waals surface area (Å²) >= 11 is 0. The number of hydrogen-bond donors (Lipinski definition) is 0. The lowest BCUT2D eigenvalue weighted by atomic mass is 9.83. The predicted molar refractivity (Wildman–Crippen MR) is 102 cm³/mol. The van der Waals surface area contributed by atoms with Crippen molar-refractivity contribution in [2.45, 2.75) is 11.5 Å².